The Morgan fingerprint density at radius 1 is 1.30 bits per heavy atom. The average Bonchev–Trinajstić information content (AvgIpc) is 3.15. The molecule has 1 heterocycles. The number of guanidine groups is 1. The van der Waals surface area contributed by atoms with Crippen molar-refractivity contribution in [2.75, 3.05) is 27.2 Å². The first-order valence-electron chi connectivity index (χ1n) is 8.67. The van der Waals surface area contributed by atoms with Crippen molar-refractivity contribution in [3.05, 3.63) is 59.4 Å². The van der Waals surface area contributed by atoms with Crippen LogP contribution in [0.2, 0.25) is 0 Å². The average molecular weight is 485 g/mol. The zero-order valence-corrected chi connectivity index (χ0v) is 17.8. The molecular weight excluding hydrogens is 460 g/mol. The Labute approximate surface area is 176 Å². The molecule has 0 aliphatic carbocycles. The van der Waals surface area contributed by atoms with Crippen molar-refractivity contribution in [3.63, 3.8) is 0 Å². The molecule has 2 aromatic carbocycles. The van der Waals surface area contributed by atoms with Crippen LogP contribution >= 0.6 is 24.0 Å². The molecule has 27 heavy (non-hydrogen) atoms. The normalized spacial score (nSPS) is 16.8. The summed E-state index contributed by atoms with van der Waals surface area (Å²) >= 11 is 0. The van der Waals surface area contributed by atoms with Crippen LogP contribution in [0.25, 0.3) is 0 Å². The smallest absolute Gasteiger partial charge is 0.193 e. The molecule has 146 valence electrons. The van der Waals surface area contributed by atoms with Crippen LogP contribution in [0.1, 0.15) is 23.5 Å². The van der Waals surface area contributed by atoms with Gasteiger partial charge in [-0.2, -0.15) is 0 Å². The van der Waals surface area contributed by atoms with Gasteiger partial charge in [-0.1, -0.05) is 18.2 Å². The summed E-state index contributed by atoms with van der Waals surface area (Å²) < 4.78 is 18.7. The highest BCUT2D eigenvalue weighted by molar-refractivity contribution is 14.0. The Kier molecular flexibility index (Phi) is 7.70. The number of nitrogens with one attached hydrogen (secondary N) is 1. The summed E-state index contributed by atoms with van der Waals surface area (Å²) in [6, 6.07) is 12.6. The van der Waals surface area contributed by atoms with Crippen molar-refractivity contribution in [1.82, 2.24) is 10.2 Å². The third-order valence-corrected chi connectivity index (χ3v) is 4.75. The second-order valence-electron chi connectivity index (χ2n) is 6.39. The zero-order valence-electron chi connectivity index (χ0n) is 15.5. The van der Waals surface area contributed by atoms with Crippen molar-refractivity contribution in [2.24, 2.45) is 4.99 Å². The van der Waals surface area contributed by atoms with Gasteiger partial charge < -0.3 is 20.1 Å². The number of benzene rings is 2. The van der Waals surface area contributed by atoms with Gasteiger partial charge in [0.15, 0.2) is 17.5 Å². The van der Waals surface area contributed by atoms with E-state index in [9.17, 15) is 9.50 Å². The molecule has 1 atom stereocenters. The number of nitrogens with zero attached hydrogens (tertiary/aromatic N) is 2. The maximum Gasteiger partial charge on any atom is 0.193 e. The molecule has 0 spiro atoms. The lowest BCUT2D eigenvalue weighted by Gasteiger charge is -2.22. The predicted octanol–water partition coefficient (Wildman–Crippen LogP) is 3.72. The molecule has 0 amide bonds. The molecular formula is C20H25FIN3O2. The number of aliphatic imine (C=N–C) groups is 1. The lowest BCUT2D eigenvalue weighted by Crippen LogP contribution is -2.39. The molecule has 2 N–H and O–H groups in total. The standard InChI is InChI=1S/C20H24FN3O2.HI/c1-22-20(23-12-14-3-8-19(25)18(21)11-14)24-10-9-16(13-24)15-4-6-17(26-2)7-5-15;/h3-8,11,16,25H,9-10,12-13H2,1-2H3,(H,22,23);1H. The van der Waals surface area contributed by atoms with E-state index in [-0.39, 0.29) is 29.7 Å². The van der Waals surface area contributed by atoms with Crippen LogP contribution in [0.5, 0.6) is 11.5 Å². The summed E-state index contributed by atoms with van der Waals surface area (Å²) in [5, 5.41) is 12.5. The topological polar surface area (TPSA) is 57.1 Å². The van der Waals surface area contributed by atoms with Gasteiger partial charge in [-0.3, -0.25) is 4.99 Å². The summed E-state index contributed by atoms with van der Waals surface area (Å²) in [5.74, 6) is 1.17. The number of rotatable bonds is 4. The lowest BCUT2D eigenvalue weighted by molar-refractivity contribution is 0.414. The van der Waals surface area contributed by atoms with Crippen molar-refractivity contribution >= 4 is 29.9 Å². The van der Waals surface area contributed by atoms with E-state index in [1.807, 2.05) is 12.1 Å². The lowest BCUT2D eigenvalue weighted by atomic mass is 9.98. The molecule has 1 aliphatic heterocycles. The highest BCUT2D eigenvalue weighted by Crippen LogP contribution is 2.28. The number of hydrogen-bond acceptors (Lipinski definition) is 3. The highest BCUT2D eigenvalue weighted by atomic mass is 127. The van der Waals surface area contributed by atoms with Gasteiger partial charge in [-0.15, -0.1) is 24.0 Å². The van der Waals surface area contributed by atoms with Crippen LogP contribution in [0, 0.1) is 5.82 Å². The molecule has 0 radical (unpaired) electrons. The van der Waals surface area contributed by atoms with Gasteiger partial charge in [0.2, 0.25) is 0 Å². The number of methoxy groups -OCH3 is 1. The SMILES string of the molecule is CN=C(NCc1ccc(O)c(F)c1)N1CCC(c2ccc(OC)cc2)C1.I. The van der Waals surface area contributed by atoms with E-state index in [4.69, 9.17) is 4.74 Å². The fourth-order valence-electron chi connectivity index (χ4n) is 3.27. The number of phenols is 1. The number of hydrogen-bond donors (Lipinski definition) is 2. The maximum absolute atomic E-state index is 13.5. The molecule has 1 saturated heterocycles. The van der Waals surface area contributed by atoms with E-state index in [0.717, 1.165) is 36.8 Å². The van der Waals surface area contributed by atoms with Crippen LogP contribution in [-0.4, -0.2) is 43.2 Å². The van der Waals surface area contributed by atoms with Crippen LogP contribution in [0.4, 0.5) is 4.39 Å². The number of halogens is 2. The summed E-state index contributed by atoms with van der Waals surface area (Å²) in [4.78, 5) is 6.56. The Balaban J connectivity index is 0.00000261. The van der Waals surface area contributed by atoms with E-state index in [1.54, 1.807) is 20.2 Å². The third kappa shape index (κ3) is 5.24. The van der Waals surface area contributed by atoms with Gasteiger partial charge in [0.25, 0.3) is 0 Å². The first kappa shape index (κ1) is 21.3. The molecule has 0 bridgehead atoms. The van der Waals surface area contributed by atoms with E-state index >= 15 is 0 Å². The zero-order chi connectivity index (χ0) is 18.5. The molecule has 7 heteroatoms. The highest BCUT2D eigenvalue weighted by Gasteiger charge is 2.26. The van der Waals surface area contributed by atoms with Crippen molar-refractivity contribution < 1.29 is 14.2 Å². The third-order valence-electron chi connectivity index (χ3n) is 4.75. The van der Waals surface area contributed by atoms with E-state index < -0.39 is 5.82 Å². The Morgan fingerprint density at radius 3 is 2.67 bits per heavy atom. The van der Waals surface area contributed by atoms with Gasteiger partial charge in [0, 0.05) is 32.6 Å². The molecule has 0 saturated carbocycles. The minimum atomic E-state index is -0.611. The van der Waals surface area contributed by atoms with Crippen LogP contribution in [0.3, 0.4) is 0 Å². The fourth-order valence-corrected chi connectivity index (χ4v) is 3.27. The van der Waals surface area contributed by atoms with Crippen molar-refractivity contribution in [1.29, 1.82) is 0 Å². The number of ether oxygens (including phenoxy) is 1. The largest absolute Gasteiger partial charge is 0.505 e. The summed E-state index contributed by atoms with van der Waals surface area (Å²) in [5.41, 5.74) is 2.05. The van der Waals surface area contributed by atoms with Gasteiger partial charge >= 0.3 is 0 Å². The quantitative estimate of drug-likeness (QED) is 0.394. The monoisotopic (exact) mass is 485 g/mol. The molecule has 2 aromatic rings. The van der Waals surface area contributed by atoms with E-state index in [0.29, 0.717) is 12.5 Å². The van der Waals surface area contributed by atoms with Gasteiger partial charge in [-0.25, -0.2) is 4.39 Å². The van der Waals surface area contributed by atoms with Crippen LogP contribution in [0.15, 0.2) is 47.5 Å². The molecule has 1 unspecified atom stereocenters. The van der Waals surface area contributed by atoms with E-state index in [2.05, 4.69) is 27.3 Å². The van der Waals surface area contributed by atoms with Gasteiger partial charge in [-0.05, 0) is 41.8 Å². The predicted molar refractivity (Wildman–Crippen MR) is 116 cm³/mol. The second-order valence-corrected chi connectivity index (χ2v) is 6.39. The molecule has 0 aromatic heterocycles. The minimum Gasteiger partial charge on any atom is -0.505 e. The Morgan fingerprint density at radius 2 is 2.04 bits per heavy atom. The van der Waals surface area contributed by atoms with Gasteiger partial charge in [0.1, 0.15) is 5.75 Å². The Hall–Kier alpha value is -2.03. The second kappa shape index (κ2) is 9.77. The van der Waals surface area contributed by atoms with Crippen molar-refractivity contribution in [2.45, 2.75) is 18.9 Å². The maximum atomic E-state index is 13.5. The number of likely N-dealkylation sites (tertiary alicyclic amines) is 1. The summed E-state index contributed by atoms with van der Waals surface area (Å²) in [6.07, 6.45) is 1.06. The summed E-state index contributed by atoms with van der Waals surface area (Å²) in [7, 11) is 3.42. The molecule has 1 fully saturated rings. The molecule has 5 nitrogen and oxygen atoms in total. The van der Waals surface area contributed by atoms with Crippen molar-refractivity contribution in [3.8, 4) is 11.5 Å². The first-order valence-corrected chi connectivity index (χ1v) is 8.67. The number of aromatic hydroxyl groups is 1. The number of phenolic OH excluding ortho intramolecular Hbond substituents is 1. The first-order chi connectivity index (χ1) is 12.6. The minimum absolute atomic E-state index is 0. The fraction of sp³-hybridized carbons (Fsp3) is 0.350. The summed E-state index contributed by atoms with van der Waals surface area (Å²) in [6.45, 7) is 2.25. The van der Waals surface area contributed by atoms with E-state index in [1.165, 1.54) is 17.7 Å². The van der Waals surface area contributed by atoms with Gasteiger partial charge in [0.05, 0.1) is 7.11 Å². The Bertz CT molecular complexity index is 783. The van der Waals surface area contributed by atoms with Crippen LogP contribution in [-0.2, 0) is 6.54 Å². The molecule has 3 rings (SSSR count). The van der Waals surface area contributed by atoms with Crippen LogP contribution < -0.4 is 10.1 Å². The molecule has 1 aliphatic rings.